The highest BCUT2D eigenvalue weighted by atomic mass is 35.5. The Morgan fingerprint density at radius 2 is 2.05 bits per heavy atom. The Balaban J connectivity index is 2.29. The monoisotopic (exact) mass is 312 g/mol. The van der Waals surface area contributed by atoms with E-state index >= 15 is 0 Å². The molecule has 0 saturated carbocycles. The van der Waals surface area contributed by atoms with Gasteiger partial charge in [-0.1, -0.05) is 29.8 Å². The normalized spacial score (nSPS) is 12.2. The topological polar surface area (TPSA) is 47.3 Å². The molecular weight excluding hydrogens is 298 g/mol. The van der Waals surface area contributed by atoms with Crippen LogP contribution in [0.1, 0.15) is 17.2 Å². The smallest absolute Gasteiger partial charge is 0.168 e. The highest BCUT2D eigenvalue weighted by molar-refractivity contribution is 6.30. The van der Waals surface area contributed by atoms with Crippen molar-refractivity contribution in [3.8, 4) is 5.75 Å². The molecule has 3 N–H and O–H groups in total. The maximum absolute atomic E-state index is 14.1. The van der Waals surface area contributed by atoms with Gasteiger partial charge in [0, 0.05) is 0 Å². The average Bonchev–Trinajstić information content (AvgIpc) is 2.49. The minimum Gasteiger partial charge on any atom is -0.494 e. The van der Waals surface area contributed by atoms with Crippen LogP contribution in [0.25, 0.3) is 0 Å². The van der Waals surface area contributed by atoms with Crippen molar-refractivity contribution in [2.75, 3.05) is 7.11 Å². The van der Waals surface area contributed by atoms with E-state index in [4.69, 9.17) is 22.2 Å². The zero-order valence-electron chi connectivity index (χ0n) is 11.4. The number of halogens is 3. The largest absolute Gasteiger partial charge is 0.494 e. The van der Waals surface area contributed by atoms with Gasteiger partial charge in [-0.2, -0.15) is 0 Å². The quantitative estimate of drug-likeness (QED) is 0.657. The van der Waals surface area contributed by atoms with Crippen molar-refractivity contribution in [1.82, 2.24) is 5.43 Å². The van der Waals surface area contributed by atoms with Gasteiger partial charge < -0.3 is 4.74 Å². The third-order valence-electron chi connectivity index (χ3n) is 3.23. The second kappa shape index (κ2) is 6.85. The van der Waals surface area contributed by atoms with E-state index in [9.17, 15) is 8.78 Å². The van der Waals surface area contributed by atoms with E-state index in [2.05, 4.69) is 5.43 Å². The summed E-state index contributed by atoms with van der Waals surface area (Å²) in [7, 11) is 1.40. The second-order valence-electron chi connectivity index (χ2n) is 4.53. The van der Waals surface area contributed by atoms with Crippen LogP contribution in [0.2, 0.25) is 5.02 Å². The highest BCUT2D eigenvalue weighted by Crippen LogP contribution is 2.26. The Labute approximate surface area is 126 Å². The standard InChI is InChI=1S/C15H15ClF2N2O/c1-21-14-4-2-3-10(15(14)18)8-13(20-19)9-5-6-12(17)11(16)7-9/h2-7,13,20H,8,19H2,1H3. The molecule has 0 heterocycles. The molecule has 21 heavy (non-hydrogen) atoms. The molecule has 3 nitrogen and oxygen atoms in total. The van der Waals surface area contributed by atoms with E-state index < -0.39 is 17.7 Å². The van der Waals surface area contributed by atoms with E-state index in [1.165, 1.54) is 19.2 Å². The molecule has 2 aromatic carbocycles. The first kappa shape index (κ1) is 15.7. The molecule has 2 rings (SSSR count). The van der Waals surface area contributed by atoms with Crippen molar-refractivity contribution in [3.63, 3.8) is 0 Å². The fraction of sp³-hybridized carbons (Fsp3) is 0.200. The Bertz CT molecular complexity index is 637. The number of rotatable bonds is 5. The minimum atomic E-state index is -0.510. The number of hydrogen-bond donors (Lipinski definition) is 2. The van der Waals surface area contributed by atoms with Gasteiger partial charge in [0.15, 0.2) is 11.6 Å². The summed E-state index contributed by atoms with van der Waals surface area (Å²) >= 11 is 5.76. The maximum Gasteiger partial charge on any atom is 0.168 e. The second-order valence-corrected chi connectivity index (χ2v) is 4.94. The van der Waals surface area contributed by atoms with Gasteiger partial charge >= 0.3 is 0 Å². The van der Waals surface area contributed by atoms with Crippen molar-refractivity contribution < 1.29 is 13.5 Å². The molecule has 112 valence electrons. The van der Waals surface area contributed by atoms with Gasteiger partial charge in [0.2, 0.25) is 0 Å². The van der Waals surface area contributed by atoms with Crippen LogP contribution in [0.4, 0.5) is 8.78 Å². The molecule has 0 aliphatic rings. The fourth-order valence-corrected chi connectivity index (χ4v) is 2.28. The third kappa shape index (κ3) is 3.50. The predicted molar refractivity (Wildman–Crippen MR) is 78.1 cm³/mol. The van der Waals surface area contributed by atoms with E-state index in [1.807, 2.05) is 0 Å². The summed E-state index contributed by atoms with van der Waals surface area (Å²) in [6.45, 7) is 0. The molecule has 0 saturated heterocycles. The van der Waals surface area contributed by atoms with Crippen molar-refractivity contribution in [2.45, 2.75) is 12.5 Å². The Hall–Kier alpha value is -1.69. The predicted octanol–water partition coefficient (Wildman–Crippen LogP) is 3.37. The summed E-state index contributed by atoms with van der Waals surface area (Å²) in [4.78, 5) is 0. The van der Waals surface area contributed by atoms with Gasteiger partial charge in [0.1, 0.15) is 5.82 Å². The highest BCUT2D eigenvalue weighted by Gasteiger charge is 2.16. The van der Waals surface area contributed by atoms with Crippen LogP contribution in [0, 0.1) is 11.6 Å². The first-order valence-electron chi connectivity index (χ1n) is 6.29. The summed E-state index contributed by atoms with van der Waals surface area (Å²) < 4.78 is 32.3. The molecule has 6 heteroatoms. The number of hydrogen-bond acceptors (Lipinski definition) is 3. The lowest BCUT2D eigenvalue weighted by Crippen LogP contribution is -2.29. The maximum atomic E-state index is 14.1. The van der Waals surface area contributed by atoms with Gasteiger partial charge in [-0.05, 0) is 35.7 Å². The van der Waals surface area contributed by atoms with Crippen molar-refractivity contribution in [3.05, 3.63) is 64.2 Å². The van der Waals surface area contributed by atoms with Gasteiger partial charge in [0.25, 0.3) is 0 Å². The van der Waals surface area contributed by atoms with E-state index in [-0.39, 0.29) is 17.2 Å². The van der Waals surface area contributed by atoms with Crippen LogP contribution >= 0.6 is 11.6 Å². The first-order chi connectivity index (χ1) is 10.1. The van der Waals surface area contributed by atoms with Gasteiger partial charge in [-0.15, -0.1) is 0 Å². The molecular formula is C15H15ClF2N2O. The molecule has 0 aliphatic carbocycles. The van der Waals surface area contributed by atoms with Gasteiger partial charge in [-0.3, -0.25) is 11.3 Å². The number of ether oxygens (including phenoxy) is 1. The molecule has 1 atom stereocenters. The van der Waals surface area contributed by atoms with Crippen LogP contribution in [-0.4, -0.2) is 7.11 Å². The lowest BCUT2D eigenvalue weighted by molar-refractivity contribution is 0.382. The minimum absolute atomic E-state index is 0.00105. The van der Waals surface area contributed by atoms with Crippen LogP contribution in [0.5, 0.6) is 5.75 Å². The molecule has 0 bridgehead atoms. The van der Waals surface area contributed by atoms with Crippen LogP contribution in [0.15, 0.2) is 36.4 Å². The number of nitrogens with one attached hydrogen (secondary N) is 1. The lowest BCUT2D eigenvalue weighted by Gasteiger charge is -2.18. The van der Waals surface area contributed by atoms with Crippen molar-refractivity contribution in [1.29, 1.82) is 0 Å². The molecule has 0 spiro atoms. The molecule has 0 fully saturated rings. The van der Waals surface area contributed by atoms with Gasteiger partial charge in [0.05, 0.1) is 18.2 Å². The Kier molecular flexibility index (Phi) is 5.12. The summed E-state index contributed by atoms with van der Waals surface area (Å²) in [5.41, 5.74) is 3.70. The fourth-order valence-electron chi connectivity index (χ4n) is 2.09. The summed E-state index contributed by atoms with van der Waals surface area (Å²) in [5.74, 6) is 4.74. The molecule has 0 amide bonds. The molecule has 0 radical (unpaired) electrons. The third-order valence-corrected chi connectivity index (χ3v) is 3.52. The molecule has 0 aliphatic heterocycles. The number of methoxy groups -OCH3 is 1. The van der Waals surface area contributed by atoms with Crippen LogP contribution in [0.3, 0.4) is 0 Å². The summed E-state index contributed by atoms with van der Waals surface area (Å²) in [6.07, 6.45) is 0.279. The van der Waals surface area contributed by atoms with Crippen LogP contribution in [-0.2, 0) is 6.42 Å². The lowest BCUT2D eigenvalue weighted by atomic mass is 9.99. The molecule has 0 aromatic heterocycles. The van der Waals surface area contributed by atoms with Gasteiger partial charge in [-0.25, -0.2) is 8.78 Å². The van der Waals surface area contributed by atoms with Crippen molar-refractivity contribution >= 4 is 11.6 Å². The van der Waals surface area contributed by atoms with Crippen molar-refractivity contribution in [2.24, 2.45) is 5.84 Å². The molecule has 2 aromatic rings. The van der Waals surface area contributed by atoms with Crippen LogP contribution < -0.4 is 16.0 Å². The Morgan fingerprint density at radius 1 is 1.29 bits per heavy atom. The zero-order valence-corrected chi connectivity index (χ0v) is 12.1. The zero-order chi connectivity index (χ0) is 15.4. The average molecular weight is 313 g/mol. The summed E-state index contributed by atoms with van der Waals surface area (Å²) in [6, 6.07) is 8.77. The first-order valence-corrected chi connectivity index (χ1v) is 6.67. The summed E-state index contributed by atoms with van der Waals surface area (Å²) in [5, 5.41) is -0.00105. The SMILES string of the molecule is COc1cccc(CC(NN)c2ccc(F)c(Cl)c2)c1F. The van der Waals surface area contributed by atoms with E-state index in [1.54, 1.807) is 24.3 Å². The van der Waals surface area contributed by atoms with E-state index in [0.717, 1.165) is 0 Å². The number of benzene rings is 2. The number of nitrogens with two attached hydrogens (primary N) is 1. The number of hydrazine groups is 1. The van der Waals surface area contributed by atoms with E-state index in [0.29, 0.717) is 11.1 Å². The molecule has 1 unspecified atom stereocenters. The Morgan fingerprint density at radius 3 is 2.67 bits per heavy atom.